The smallest absolute Gasteiger partial charge is 0.400 e. The summed E-state index contributed by atoms with van der Waals surface area (Å²) in [4.78, 5) is 43.8. The number of halogens is 3. The lowest BCUT2D eigenvalue weighted by molar-refractivity contribution is 0.106. The summed E-state index contributed by atoms with van der Waals surface area (Å²) in [5, 5.41) is 11.0. The van der Waals surface area contributed by atoms with Crippen LogP contribution in [0.15, 0.2) is 89.7 Å². The number of nitrogens with one attached hydrogen (secondary N) is 3. The zero-order valence-corrected chi connectivity index (χ0v) is 32.2. The first-order valence-electron chi connectivity index (χ1n) is 17.8. The van der Waals surface area contributed by atoms with Crippen molar-refractivity contribution in [1.29, 1.82) is 0 Å². The number of urea groups is 1. The Bertz CT molecular complexity index is 2040. The second-order valence-electron chi connectivity index (χ2n) is 12.8. The number of hydrogen-bond acceptors (Lipinski definition) is 5. The molecule has 0 spiro atoms. The molecular formula is C40H44Cl3N5O5. The number of amides is 3. The summed E-state index contributed by atoms with van der Waals surface area (Å²) in [5.41, 5.74) is 0.103. The monoisotopic (exact) mass is 779 g/mol. The first kappa shape index (κ1) is 39.7. The van der Waals surface area contributed by atoms with Crippen molar-refractivity contribution in [2.45, 2.75) is 77.4 Å². The zero-order chi connectivity index (χ0) is 37.9. The molecule has 280 valence electrons. The van der Waals surface area contributed by atoms with Crippen LogP contribution in [-0.2, 0) is 4.74 Å². The van der Waals surface area contributed by atoms with E-state index >= 15 is 0 Å². The molecule has 0 fully saturated rings. The Labute approximate surface area is 324 Å². The van der Waals surface area contributed by atoms with Gasteiger partial charge in [0.2, 0.25) is 5.75 Å². The highest BCUT2D eigenvalue weighted by Gasteiger charge is 2.31. The van der Waals surface area contributed by atoms with Crippen LogP contribution < -0.4 is 25.8 Å². The molecule has 4 aromatic carbocycles. The topological polar surface area (TPSA) is 118 Å². The fraction of sp³-hybridized carbons (Fsp3) is 0.325. The fourth-order valence-electron chi connectivity index (χ4n) is 6.12. The lowest BCUT2D eigenvalue weighted by Gasteiger charge is -2.27. The number of unbranched alkanes of at least 4 members (excludes halogenated alkanes) is 4. The van der Waals surface area contributed by atoms with Crippen molar-refractivity contribution < 1.29 is 19.1 Å². The first-order chi connectivity index (χ1) is 25.6. The molecule has 2 unspecified atom stereocenters. The van der Waals surface area contributed by atoms with Crippen LogP contribution in [0.2, 0.25) is 15.1 Å². The average molecular weight is 781 g/mol. The van der Waals surface area contributed by atoms with Crippen molar-refractivity contribution in [2.24, 2.45) is 0 Å². The quantitative estimate of drug-likeness (QED) is 0.0862. The van der Waals surface area contributed by atoms with Gasteiger partial charge in [0.25, 0.3) is 0 Å². The molecule has 0 saturated carbocycles. The molecule has 5 rings (SSSR count). The molecule has 2 atom stereocenters. The van der Waals surface area contributed by atoms with Gasteiger partial charge in [-0.15, -0.1) is 0 Å². The standard InChI is InChI=1S/C40H44Cl3N5O5/c1-4-5-6-7-9-17-29(23-22-26(2)52-3)44-39(50)47(30-18-10-8-11-19-30)37-36(38(49)48(46-37)35-32(42)24-28(41)25-33(35)43)53-40(51)45-34-21-14-16-27-15-12-13-20-31(27)34/h8,10-16,18-21,24-26,29,46H,4-7,9,17,22-23H2,1-3H3,(H,44,50)(H,45,51). The number of rotatable bonds is 16. The van der Waals surface area contributed by atoms with Crippen molar-refractivity contribution in [2.75, 3.05) is 17.3 Å². The van der Waals surface area contributed by atoms with E-state index < -0.39 is 23.4 Å². The number of hydrogen-bond donors (Lipinski definition) is 3. The van der Waals surface area contributed by atoms with Gasteiger partial charge in [-0.25, -0.2) is 19.2 Å². The minimum absolute atomic E-state index is 0.000713. The fourth-order valence-corrected chi connectivity index (χ4v) is 7.11. The summed E-state index contributed by atoms with van der Waals surface area (Å²) < 4.78 is 12.4. The lowest BCUT2D eigenvalue weighted by Crippen LogP contribution is -2.43. The summed E-state index contributed by atoms with van der Waals surface area (Å²) in [6, 6.07) is 23.8. The molecule has 3 amide bonds. The molecule has 0 aliphatic rings. The molecule has 0 radical (unpaired) electrons. The molecule has 1 aromatic heterocycles. The summed E-state index contributed by atoms with van der Waals surface area (Å²) in [5.74, 6) is -0.589. The summed E-state index contributed by atoms with van der Waals surface area (Å²) in [6.45, 7) is 4.16. The third-order valence-corrected chi connectivity index (χ3v) is 9.80. The van der Waals surface area contributed by atoms with Crippen LogP contribution in [0.4, 0.5) is 26.8 Å². The van der Waals surface area contributed by atoms with E-state index in [1.807, 2.05) is 37.3 Å². The Morgan fingerprint density at radius 3 is 2.26 bits per heavy atom. The molecule has 13 heteroatoms. The van der Waals surface area contributed by atoms with Crippen molar-refractivity contribution in [1.82, 2.24) is 15.1 Å². The molecule has 0 bridgehead atoms. The second-order valence-corrected chi connectivity index (χ2v) is 14.1. The highest BCUT2D eigenvalue weighted by atomic mass is 35.5. The number of aromatic amines is 1. The van der Waals surface area contributed by atoms with Gasteiger partial charge < -0.3 is 14.8 Å². The predicted octanol–water partition coefficient (Wildman–Crippen LogP) is 11.3. The van der Waals surface area contributed by atoms with Gasteiger partial charge in [0.05, 0.1) is 27.5 Å². The predicted molar refractivity (Wildman–Crippen MR) is 215 cm³/mol. The minimum Gasteiger partial charge on any atom is -0.400 e. The molecule has 53 heavy (non-hydrogen) atoms. The van der Waals surface area contributed by atoms with E-state index in [1.54, 1.807) is 49.6 Å². The maximum Gasteiger partial charge on any atom is 0.417 e. The highest BCUT2D eigenvalue weighted by Crippen LogP contribution is 2.36. The number of benzene rings is 4. The van der Waals surface area contributed by atoms with Gasteiger partial charge in [-0.05, 0) is 61.9 Å². The second kappa shape index (κ2) is 19.0. The molecule has 0 aliphatic heterocycles. The van der Waals surface area contributed by atoms with E-state index in [2.05, 4.69) is 22.7 Å². The van der Waals surface area contributed by atoms with E-state index in [1.165, 1.54) is 17.0 Å². The van der Waals surface area contributed by atoms with Crippen molar-refractivity contribution >= 4 is 74.9 Å². The number of nitrogens with zero attached hydrogens (tertiary/aromatic N) is 2. The lowest BCUT2D eigenvalue weighted by atomic mass is 10.0. The minimum atomic E-state index is -0.953. The van der Waals surface area contributed by atoms with Crippen molar-refractivity contribution in [3.63, 3.8) is 0 Å². The van der Waals surface area contributed by atoms with Crippen LogP contribution in [0.3, 0.4) is 0 Å². The van der Waals surface area contributed by atoms with Crippen LogP contribution in [0.1, 0.15) is 65.2 Å². The molecule has 5 aromatic rings. The van der Waals surface area contributed by atoms with Crippen LogP contribution in [0.25, 0.3) is 16.5 Å². The molecule has 0 saturated heterocycles. The molecule has 0 aliphatic carbocycles. The van der Waals surface area contributed by atoms with Crippen molar-refractivity contribution in [3.05, 3.63) is 110 Å². The van der Waals surface area contributed by atoms with Gasteiger partial charge in [0.1, 0.15) is 5.69 Å². The Morgan fingerprint density at radius 2 is 1.55 bits per heavy atom. The Kier molecular flexibility index (Phi) is 14.3. The number of ether oxygens (including phenoxy) is 2. The van der Waals surface area contributed by atoms with Gasteiger partial charge >= 0.3 is 17.7 Å². The average Bonchev–Trinajstić information content (AvgIpc) is 3.44. The molecule has 1 heterocycles. The van der Waals surface area contributed by atoms with Gasteiger partial charge in [-0.2, -0.15) is 0 Å². The van der Waals surface area contributed by atoms with Crippen molar-refractivity contribution in [3.8, 4) is 11.4 Å². The largest absolute Gasteiger partial charge is 0.417 e. The van der Waals surface area contributed by atoms with E-state index in [0.717, 1.165) is 60.4 Å². The number of para-hydroxylation sites is 1. The number of aromatic nitrogens is 2. The number of methoxy groups -OCH3 is 1. The number of H-pyrrole nitrogens is 1. The van der Waals surface area contributed by atoms with Crippen LogP contribution in [-0.4, -0.2) is 41.2 Å². The first-order valence-corrected chi connectivity index (χ1v) is 18.9. The SMILES string of the molecule is CCCCCCCC(CCC(C)OC)NC(=O)N(c1ccccc1)c1[nH]n(-c2c(Cl)cc(Cl)cc2Cl)c(=O)c1OC(=O)Nc1cccc2ccccc12. The summed E-state index contributed by atoms with van der Waals surface area (Å²) >= 11 is 19.4. The Morgan fingerprint density at radius 1 is 0.868 bits per heavy atom. The highest BCUT2D eigenvalue weighted by molar-refractivity contribution is 6.40. The van der Waals surface area contributed by atoms with Gasteiger partial charge in [-0.3, -0.25) is 15.2 Å². The van der Waals surface area contributed by atoms with Crippen LogP contribution in [0.5, 0.6) is 5.75 Å². The third-order valence-electron chi connectivity index (χ3n) is 9.01. The maximum absolute atomic E-state index is 14.5. The van der Waals surface area contributed by atoms with Gasteiger partial charge in [0.15, 0.2) is 5.82 Å². The van der Waals surface area contributed by atoms with E-state index in [9.17, 15) is 14.4 Å². The molecule has 3 N–H and O–H groups in total. The number of anilines is 3. The summed E-state index contributed by atoms with van der Waals surface area (Å²) in [6.07, 6.45) is 6.57. The van der Waals surface area contributed by atoms with E-state index in [4.69, 9.17) is 44.3 Å². The molecule has 10 nitrogen and oxygen atoms in total. The summed E-state index contributed by atoms with van der Waals surface area (Å²) in [7, 11) is 1.66. The Hall–Kier alpha value is -4.48. The molecular weight excluding hydrogens is 737 g/mol. The van der Waals surface area contributed by atoms with Crippen LogP contribution in [0, 0.1) is 0 Å². The normalized spacial score (nSPS) is 12.3. The van der Waals surface area contributed by atoms with E-state index in [-0.39, 0.29) is 38.7 Å². The number of carbonyl (C=O) groups is 2. The number of carbonyl (C=O) groups excluding carboxylic acids is 2. The third kappa shape index (κ3) is 10.1. The Balaban J connectivity index is 1.57. The zero-order valence-electron chi connectivity index (χ0n) is 30.0. The van der Waals surface area contributed by atoms with E-state index in [0.29, 0.717) is 17.8 Å². The number of fused-ring (bicyclic) bond motifs is 1. The van der Waals surface area contributed by atoms with Gasteiger partial charge in [0, 0.05) is 23.6 Å². The van der Waals surface area contributed by atoms with Gasteiger partial charge in [-0.1, -0.05) is 128 Å². The van der Waals surface area contributed by atoms with Crippen LogP contribution >= 0.6 is 34.8 Å². The maximum atomic E-state index is 14.5.